The van der Waals surface area contributed by atoms with Gasteiger partial charge in [0.1, 0.15) is 6.54 Å². The Kier molecular flexibility index (Phi) is 4.55. The fraction of sp³-hybridized carbons (Fsp3) is 0.250. The van der Waals surface area contributed by atoms with E-state index in [0.717, 1.165) is 15.2 Å². The summed E-state index contributed by atoms with van der Waals surface area (Å²) in [5.74, 6) is 0.199. The second kappa shape index (κ2) is 7.38. The number of likely N-dealkylation sites (tertiary alicyclic amines) is 1. The number of hydrogen-bond donors (Lipinski definition) is 0. The molecule has 0 atom stereocenters. The molecule has 0 unspecified atom stereocenters. The fourth-order valence-electron chi connectivity index (χ4n) is 3.38. The smallest absolute Gasteiger partial charge is 0.249 e. The Bertz CT molecular complexity index is 1110. The highest BCUT2D eigenvalue weighted by atomic mass is 32.1. The van der Waals surface area contributed by atoms with Crippen molar-refractivity contribution < 1.29 is 23.9 Å². The molecule has 152 valence electrons. The largest absolute Gasteiger partial charge is 0.454 e. The maximum absolute atomic E-state index is 13.1. The van der Waals surface area contributed by atoms with Crippen molar-refractivity contribution in [2.24, 2.45) is 0 Å². The van der Waals surface area contributed by atoms with Crippen LogP contribution in [-0.2, 0) is 20.9 Å². The minimum Gasteiger partial charge on any atom is -0.454 e. The van der Waals surface area contributed by atoms with Crippen LogP contribution in [0.3, 0.4) is 0 Å². The standard InChI is InChI=1S/C20H16N4O5S/c25-17-3-4-18(26)23(17)10-19(27)24(9-12-2-1-5-21-8-12)20-22-13-6-14-15(29-11-28-14)7-16(13)30-20/h1-2,5-8H,3-4,9-11H2. The molecule has 1 fully saturated rings. The number of anilines is 1. The van der Waals surface area contributed by atoms with Crippen molar-refractivity contribution in [3.63, 3.8) is 0 Å². The molecule has 0 saturated carbocycles. The number of ether oxygens (including phenoxy) is 2. The number of aromatic nitrogens is 2. The van der Waals surface area contributed by atoms with Crippen LogP contribution in [0.4, 0.5) is 5.13 Å². The van der Waals surface area contributed by atoms with Crippen LogP contribution in [0.2, 0.25) is 0 Å². The summed E-state index contributed by atoms with van der Waals surface area (Å²) in [5, 5.41) is 0.460. The van der Waals surface area contributed by atoms with E-state index in [9.17, 15) is 14.4 Å². The van der Waals surface area contributed by atoms with Crippen LogP contribution in [0.25, 0.3) is 10.2 Å². The lowest BCUT2D eigenvalue weighted by atomic mass is 10.2. The molecule has 10 heteroatoms. The van der Waals surface area contributed by atoms with Gasteiger partial charge in [-0.1, -0.05) is 17.4 Å². The molecule has 0 bridgehead atoms. The number of benzene rings is 1. The Hall–Kier alpha value is -3.53. The van der Waals surface area contributed by atoms with Gasteiger partial charge in [-0.25, -0.2) is 4.98 Å². The predicted molar refractivity (Wildman–Crippen MR) is 107 cm³/mol. The summed E-state index contributed by atoms with van der Waals surface area (Å²) in [6.45, 7) is 0.0784. The fourth-order valence-corrected chi connectivity index (χ4v) is 4.37. The topological polar surface area (TPSA) is 102 Å². The van der Waals surface area contributed by atoms with Crippen molar-refractivity contribution in [1.29, 1.82) is 0 Å². The summed E-state index contributed by atoms with van der Waals surface area (Å²) < 4.78 is 11.7. The number of carbonyl (C=O) groups excluding carboxylic acids is 3. The first-order valence-electron chi connectivity index (χ1n) is 9.31. The summed E-state index contributed by atoms with van der Waals surface area (Å²) in [6, 6.07) is 7.24. The molecule has 1 saturated heterocycles. The normalized spacial score (nSPS) is 15.3. The quantitative estimate of drug-likeness (QED) is 0.578. The van der Waals surface area contributed by atoms with Gasteiger partial charge in [0.15, 0.2) is 16.6 Å². The number of carbonyl (C=O) groups is 3. The first-order chi connectivity index (χ1) is 14.6. The molecule has 0 spiro atoms. The Labute approximate surface area is 174 Å². The van der Waals surface area contributed by atoms with E-state index in [1.807, 2.05) is 12.1 Å². The molecular weight excluding hydrogens is 408 g/mol. The van der Waals surface area contributed by atoms with Crippen LogP contribution in [0, 0.1) is 0 Å². The van der Waals surface area contributed by atoms with E-state index >= 15 is 0 Å². The molecule has 1 aromatic carbocycles. The zero-order valence-corrected chi connectivity index (χ0v) is 16.6. The zero-order chi connectivity index (χ0) is 20.7. The summed E-state index contributed by atoms with van der Waals surface area (Å²) in [7, 11) is 0. The van der Waals surface area contributed by atoms with Crippen LogP contribution in [-0.4, -0.2) is 45.9 Å². The SMILES string of the molecule is O=C1CCC(=O)N1CC(=O)N(Cc1cccnc1)c1nc2cc3c(cc2s1)OCO3. The van der Waals surface area contributed by atoms with E-state index in [-0.39, 0.29) is 50.4 Å². The number of nitrogens with zero attached hydrogens (tertiary/aromatic N) is 4. The summed E-state index contributed by atoms with van der Waals surface area (Å²) >= 11 is 1.33. The number of fused-ring (bicyclic) bond motifs is 2. The third-order valence-corrected chi connectivity index (χ3v) is 5.96. The summed E-state index contributed by atoms with van der Waals surface area (Å²) in [4.78, 5) is 48.3. The average molecular weight is 424 g/mol. The van der Waals surface area contributed by atoms with Gasteiger partial charge in [0, 0.05) is 37.4 Å². The Balaban J connectivity index is 1.49. The van der Waals surface area contributed by atoms with Crippen LogP contribution in [0.15, 0.2) is 36.7 Å². The third-order valence-electron chi connectivity index (χ3n) is 4.92. The van der Waals surface area contributed by atoms with E-state index in [0.29, 0.717) is 22.1 Å². The predicted octanol–water partition coefficient (Wildman–Crippen LogP) is 2.10. The lowest BCUT2D eigenvalue weighted by Crippen LogP contribution is -2.42. The number of hydrogen-bond acceptors (Lipinski definition) is 8. The Morgan fingerprint density at radius 1 is 1.17 bits per heavy atom. The van der Waals surface area contributed by atoms with Crippen molar-refractivity contribution in [3.8, 4) is 11.5 Å². The molecule has 0 aliphatic carbocycles. The average Bonchev–Trinajstić information content (AvgIpc) is 3.45. The molecular formula is C20H16N4O5S. The molecule has 30 heavy (non-hydrogen) atoms. The highest BCUT2D eigenvalue weighted by Crippen LogP contribution is 2.40. The van der Waals surface area contributed by atoms with E-state index in [4.69, 9.17) is 9.47 Å². The Morgan fingerprint density at radius 2 is 1.93 bits per heavy atom. The summed E-state index contributed by atoms with van der Waals surface area (Å²) in [6.07, 6.45) is 3.59. The van der Waals surface area contributed by atoms with Crippen LogP contribution >= 0.6 is 11.3 Å². The van der Waals surface area contributed by atoms with E-state index in [1.54, 1.807) is 24.5 Å². The zero-order valence-electron chi connectivity index (χ0n) is 15.7. The molecule has 2 aliphatic heterocycles. The van der Waals surface area contributed by atoms with Gasteiger partial charge in [0.05, 0.1) is 16.8 Å². The molecule has 0 N–H and O–H groups in total. The lowest BCUT2D eigenvalue weighted by Gasteiger charge is -2.22. The molecule has 2 aromatic heterocycles. The molecule has 2 aliphatic rings. The van der Waals surface area contributed by atoms with Gasteiger partial charge >= 0.3 is 0 Å². The summed E-state index contributed by atoms with van der Waals surface area (Å²) in [5.41, 5.74) is 1.48. The van der Waals surface area contributed by atoms with Crippen LogP contribution in [0.5, 0.6) is 11.5 Å². The number of amides is 3. The first-order valence-corrected chi connectivity index (χ1v) is 10.1. The van der Waals surface area contributed by atoms with E-state index in [2.05, 4.69) is 9.97 Å². The Morgan fingerprint density at radius 3 is 2.67 bits per heavy atom. The molecule has 9 nitrogen and oxygen atoms in total. The minimum absolute atomic E-state index is 0.140. The van der Waals surface area contributed by atoms with Crippen LogP contribution in [0.1, 0.15) is 18.4 Å². The third kappa shape index (κ3) is 3.35. The van der Waals surface area contributed by atoms with Crippen molar-refractivity contribution in [1.82, 2.24) is 14.9 Å². The monoisotopic (exact) mass is 424 g/mol. The molecule has 3 aromatic rings. The number of rotatable bonds is 5. The van der Waals surface area contributed by atoms with Crippen LogP contribution < -0.4 is 14.4 Å². The highest BCUT2D eigenvalue weighted by Gasteiger charge is 2.33. The van der Waals surface area contributed by atoms with Gasteiger partial charge in [-0.3, -0.25) is 29.2 Å². The van der Waals surface area contributed by atoms with Gasteiger partial charge in [-0.05, 0) is 11.6 Å². The highest BCUT2D eigenvalue weighted by molar-refractivity contribution is 7.22. The lowest BCUT2D eigenvalue weighted by molar-refractivity contribution is -0.141. The maximum Gasteiger partial charge on any atom is 0.249 e. The van der Waals surface area contributed by atoms with Gasteiger partial charge in [-0.15, -0.1) is 0 Å². The number of imide groups is 1. The van der Waals surface area contributed by atoms with Crippen molar-refractivity contribution >= 4 is 44.4 Å². The van der Waals surface area contributed by atoms with Gasteiger partial charge in [-0.2, -0.15) is 0 Å². The molecule has 5 rings (SSSR count). The van der Waals surface area contributed by atoms with Crippen molar-refractivity contribution in [2.45, 2.75) is 19.4 Å². The first kappa shape index (κ1) is 18.5. The molecule has 4 heterocycles. The molecule has 0 radical (unpaired) electrons. The minimum atomic E-state index is -0.387. The van der Waals surface area contributed by atoms with E-state index in [1.165, 1.54) is 16.2 Å². The van der Waals surface area contributed by atoms with Gasteiger partial charge in [0.2, 0.25) is 24.5 Å². The van der Waals surface area contributed by atoms with E-state index < -0.39 is 0 Å². The molecule has 3 amide bonds. The maximum atomic E-state index is 13.1. The van der Waals surface area contributed by atoms with Crippen molar-refractivity contribution in [3.05, 3.63) is 42.2 Å². The second-order valence-corrected chi connectivity index (χ2v) is 7.89. The number of thiazole rings is 1. The second-order valence-electron chi connectivity index (χ2n) is 6.88. The number of pyridine rings is 1. The van der Waals surface area contributed by atoms with Crippen molar-refractivity contribution in [2.75, 3.05) is 18.2 Å². The van der Waals surface area contributed by atoms with Gasteiger partial charge in [0.25, 0.3) is 0 Å². The van der Waals surface area contributed by atoms with Gasteiger partial charge < -0.3 is 9.47 Å².